The molecule has 0 radical (unpaired) electrons. The first-order valence-electron chi connectivity index (χ1n) is 5.55. The van der Waals surface area contributed by atoms with E-state index in [2.05, 4.69) is 5.32 Å². The lowest BCUT2D eigenvalue weighted by Crippen LogP contribution is -2.23. The van der Waals surface area contributed by atoms with Gasteiger partial charge in [0.25, 0.3) is 5.91 Å². The van der Waals surface area contributed by atoms with E-state index in [-0.39, 0.29) is 11.7 Å². The third-order valence-electron chi connectivity index (χ3n) is 2.46. The number of halogens is 1. The van der Waals surface area contributed by atoms with Gasteiger partial charge in [0.2, 0.25) is 0 Å². The number of nitrogens with zero attached hydrogens (tertiary/aromatic N) is 1. The molecule has 92 valence electrons. The highest BCUT2D eigenvalue weighted by Gasteiger charge is 2.09. The Labute approximate surface area is 108 Å². The van der Waals surface area contributed by atoms with E-state index in [4.69, 9.17) is 5.26 Å². The van der Waals surface area contributed by atoms with Gasteiger partial charge in [-0.3, -0.25) is 4.79 Å². The van der Waals surface area contributed by atoms with Crippen molar-refractivity contribution in [3.63, 3.8) is 0 Å². The lowest BCUT2D eigenvalue weighted by atomic mass is 10.2. The molecule has 0 aliphatic rings. The van der Waals surface area contributed by atoms with Gasteiger partial charge in [0.15, 0.2) is 0 Å². The second-order valence-corrected chi connectivity index (χ2v) is 4.89. The Morgan fingerprint density at radius 3 is 3.06 bits per heavy atom. The van der Waals surface area contributed by atoms with Crippen molar-refractivity contribution in [1.29, 1.82) is 5.26 Å². The maximum absolute atomic E-state index is 13.0. The monoisotopic (exact) mass is 262 g/mol. The number of carbonyl (C=O) groups excluding carboxylic acids is 1. The molecule has 0 spiro atoms. The Bertz CT molecular complexity index is 615. The van der Waals surface area contributed by atoms with E-state index in [0.29, 0.717) is 24.3 Å². The number of nitrogens with one attached hydrogen (secondary N) is 1. The second kappa shape index (κ2) is 5.61. The Kier molecular flexibility index (Phi) is 3.90. The topological polar surface area (TPSA) is 52.9 Å². The largest absolute Gasteiger partial charge is 0.351 e. The molecular weight excluding hydrogens is 251 g/mol. The van der Waals surface area contributed by atoms with Crippen LogP contribution in [0.3, 0.4) is 0 Å². The van der Waals surface area contributed by atoms with Gasteiger partial charge in [-0.2, -0.15) is 5.26 Å². The van der Waals surface area contributed by atoms with Crippen LogP contribution in [0.15, 0.2) is 24.3 Å². The molecule has 0 atom stereocenters. The highest BCUT2D eigenvalue weighted by molar-refractivity contribution is 7.20. The Morgan fingerprint density at radius 1 is 1.44 bits per heavy atom. The van der Waals surface area contributed by atoms with Gasteiger partial charge in [0.1, 0.15) is 5.82 Å². The molecule has 1 aromatic heterocycles. The normalized spacial score (nSPS) is 10.2. The van der Waals surface area contributed by atoms with Crippen LogP contribution in [0.25, 0.3) is 10.1 Å². The van der Waals surface area contributed by atoms with Crippen molar-refractivity contribution in [2.45, 2.75) is 12.8 Å². The molecule has 5 heteroatoms. The highest BCUT2D eigenvalue weighted by Crippen LogP contribution is 2.26. The van der Waals surface area contributed by atoms with Crippen LogP contribution in [0, 0.1) is 17.1 Å². The molecule has 0 fully saturated rings. The summed E-state index contributed by atoms with van der Waals surface area (Å²) in [5.41, 5.74) is 0. The summed E-state index contributed by atoms with van der Waals surface area (Å²) < 4.78 is 13.8. The fraction of sp³-hybridized carbons (Fsp3) is 0.231. The number of unbranched alkanes of at least 4 members (excludes halogenated alkanes) is 1. The molecule has 3 nitrogen and oxygen atoms in total. The zero-order valence-electron chi connectivity index (χ0n) is 9.57. The zero-order valence-corrected chi connectivity index (χ0v) is 10.4. The summed E-state index contributed by atoms with van der Waals surface area (Å²) in [6, 6.07) is 8.23. The van der Waals surface area contributed by atoms with E-state index in [9.17, 15) is 9.18 Å². The van der Waals surface area contributed by atoms with Crippen molar-refractivity contribution in [3.8, 4) is 6.07 Å². The van der Waals surface area contributed by atoms with E-state index in [1.807, 2.05) is 6.07 Å². The first-order chi connectivity index (χ1) is 8.70. The molecule has 0 aliphatic carbocycles. The van der Waals surface area contributed by atoms with Gasteiger partial charge in [-0.15, -0.1) is 11.3 Å². The summed E-state index contributed by atoms with van der Waals surface area (Å²) in [4.78, 5) is 12.3. The Morgan fingerprint density at radius 2 is 2.28 bits per heavy atom. The van der Waals surface area contributed by atoms with Crippen molar-refractivity contribution >= 4 is 27.3 Å². The van der Waals surface area contributed by atoms with Crippen LogP contribution in [0.5, 0.6) is 0 Å². The van der Waals surface area contributed by atoms with E-state index < -0.39 is 0 Å². The van der Waals surface area contributed by atoms with Crippen LogP contribution in [0.4, 0.5) is 4.39 Å². The van der Waals surface area contributed by atoms with Gasteiger partial charge < -0.3 is 5.32 Å². The SMILES string of the molecule is N#CCCCNC(=O)c1cc2ccc(F)cc2s1. The summed E-state index contributed by atoms with van der Waals surface area (Å²) in [6.45, 7) is 0.481. The number of rotatable bonds is 4. The van der Waals surface area contributed by atoms with Gasteiger partial charge in [-0.1, -0.05) is 6.07 Å². The molecule has 0 saturated carbocycles. The van der Waals surface area contributed by atoms with Crippen LogP contribution in [0.2, 0.25) is 0 Å². The van der Waals surface area contributed by atoms with E-state index in [1.165, 1.54) is 23.5 Å². The van der Waals surface area contributed by atoms with Crippen LogP contribution in [0.1, 0.15) is 22.5 Å². The Balaban J connectivity index is 2.07. The van der Waals surface area contributed by atoms with Crippen LogP contribution < -0.4 is 5.32 Å². The lowest BCUT2D eigenvalue weighted by Gasteiger charge is -2.00. The molecule has 0 unspecified atom stereocenters. The minimum Gasteiger partial charge on any atom is -0.351 e. The number of carbonyl (C=O) groups is 1. The van der Waals surface area contributed by atoms with Crippen LogP contribution in [-0.4, -0.2) is 12.5 Å². The smallest absolute Gasteiger partial charge is 0.261 e. The van der Waals surface area contributed by atoms with E-state index >= 15 is 0 Å². The molecule has 1 N–H and O–H groups in total. The predicted octanol–water partition coefficient (Wildman–Crippen LogP) is 3.07. The second-order valence-electron chi connectivity index (χ2n) is 3.81. The third kappa shape index (κ3) is 2.84. The summed E-state index contributed by atoms with van der Waals surface area (Å²) >= 11 is 1.27. The van der Waals surface area contributed by atoms with Crippen molar-refractivity contribution in [2.24, 2.45) is 0 Å². The highest BCUT2D eigenvalue weighted by atomic mass is 32.1. The van der Waals surface area contributed by atoms with Crippen LogP contribution in [-0.2, 0) is 0 Å². The quantitative estimate of drug-likeness (QED) is 0.861. The fourth-order valence-electron chi connectivity index (χ4n) is 1.57. The van der Waals surface area contributed by atoms with Crippen molar-refractivity contribution in [2.75, 3.05) is 6.54 Å². The molecule has 0 aliphatic heterocycles. The summed E-state index contributed by atoms with van der Waals surface area (Å²) in [5, 5.41) is 12.0. The van der Waals surface area contributed by atoms with Gasteiger partial charge in [0, 0.05) is 17.7 Å². The number of fused-ring (bicyclic) bond motifs is 1. The average molecular weight is 262 g/mol. The minimum absolute atomic E-state index is 0.172. The standard InChI is InChI=1S/C13H11FN2OS/c14-10-4-3-9-7-12(18-11(9)8-10)13(17)16-6-2-1-5-15/h3-4,7-8H,1-2,6H2,(H,16,17). The molecule has 1 amide bonds. The maximum atomic E-state index is 13.0. The fourth-order valence-corrected chi connectivity index (χ4v) is 2.58. The van der Waals surface area contributed by atoms with Gasteiger partial charge >= 0.3 is 0 Å². The molecule has 18 heavy (non-hydrogen) atoms. The number of amides is 1. The number of hydrogen-bond acceptors (Lipinski definition) is 3. The molecule has 2 aromatic rings. The molecule has 0 saturated heterocycles. The minimum atomic E-state index is -0.301. The summed E-state index contributed by atoms with van der Waals surface area (Å²) in [6.07, 6.45) is 1.07. The average Bonchev–Trinajstić information content (AvgIpc) is 2.77. The zero-order chi connectivity index (χ0) is 13.0. The first kappa shape index (κ1) is 12.5. The number of benzene rings is 1. The van der Waals surface area contributed by atoms with Crippen molar-refractivity contribution in [3.05, 3.63) is 35.0 Å². The predicted molar refractivity (Wildman–Crippen MR) is 69.0 cm³/mol. The lowest BCUT2D eigenvalue weighted by molar-refractivity contribution is 0.0957. The molecular formula is C13H11FN2OS. The molecule has 1 aromatic carbocycles. The van der Waals surface area contributed by atoms with Gasteiger partial charge in [-0.25, -0.2) is 4.39 Å². The molecule has 2 rings (SSSR count). The summed E-state index contributed by atoms with van der Waals surface area (Å²) in [5.74, 6) is -0.472. The number of nitriles is 1. The van der Waals surface area contributed by atoms with E-state index in [0.717, 1.165) is 10.1 Å². The van der Waals surface area contributed by atoms with Gasteiger partial charge in [0.05, 0.1) is 10.9 Å². The number of hydrogen-bond donors (Lipinski definition) is 1. The van der Waals surface area contributed by atoms with Crippen LogP contribution >= 0.6 is 11.3 Å². The molecule has 1 heterocycles. The Hall–Kier alpha value is -1.93. The van der Waals surface area contributed by atoms with Crippen molar-refractivity contribution in [1.82, 2.24) is 5.32 Å². The third-order valence-corrected chi connectivity index (χ3v) is 3.55. The summed E-state index contributed by atoms with van der Waals surface area (Å²) in [7, 11) is 0. The van der Waals surface area contributed by atoms with Gasteiger partial charge in [-0.05, 0) is 30.0 Å². The van der Waals surface area contributed by atoms with Crippen molar-refractivity contribution < 1.29 is 9.18 Å². The number of thiophene rings is 1. The maximum Gasteiger partial charge on any atom is 0.261 e. The van der Waals surface area contributed by atoms with E-state index in [1.54, 1.807) is 12.1 Å². The first-order valence-corrected chi connectivity index (χ1v) is 6.36. The molecule has 0 bridgehead atoms.